The summed E-state index contributed by atoms with van der Waals surface area (Å²) in [6.07, 6.45) is 0. The van der Waals surface area contributed by atoms with E-state index in [0.29, 0.717) is 11.4 Å². The molecule has 2 heterocycles. The second-order valence-corrected chi connectivity index (χ2v) is 5.14. The average Bonchev–Trinajstić information content (AvgIpc) is 2.91. The smallest absolute Gasteiger partial charge is 0.260 e. The lowest BCUT2D eigenvalue weighted by atomic mass is 10.1. The lowest BCUT2D eigenvalue weighted by molar-refractivity contribution is 0.190. The minimum absolute atomic E-state index is 0.0640. The fourth-order valence-electron chi connectivity index (χ4n) is 2.38. The van der Waals surface area contributed by atoms with Crippen LogP contribution in [0.1, 0.15) is 17.4 Å². The monoisotopic (exact) mass is 276 g/mol. The van der Waals surface area contributed by atoms with Gasteiger partial charge in [-0.1, -0.05) is 16.8 Å². The topological polar surface area (TPSA) is 54.2 Å². The summed E-state index contributed by atoms with van der Waals surface area (Å²) in [6, 6.07) is 4.92. The van der Waals surface area contributed by atoms with Crippen LogP contribution >= 0.6 is 0 Å². The summed E-state index contributed by atoms with van der Waals surface area (Å²) in [7, 11) is 2.02. The van der Waals surface area contributed by atoms with Crippen LogP contribution in [0.5, 0.6) is 0 Å². The van der Waals surface area contributed by atoms with Crippen molar-refractivity contribution in [2.75, 3.05) is 26.7 Å². The lowest BCUT2D eigenvalue weighted by Gasteiger charge is -2.30. The second kappa shape index (κ2) is 5.30. The van der Waals surface area contributed by atoms with Crippen molar-refractivity contribution in [3.8, 4) is 11.5 Å². The van der Waals surface area contributed by atoms with Crippen LogP contribution in [0.2, 0.25) is 0 Å². The maximum atomic E-state index is 13.8. The zero-order valence-electron chi connectivity index (χ0n) is 11.6. The Kier molecular flexibility index (Phi) is 3.50. The number of rotatable bonds is 2. The van der Waals surface area contributed by atoms with E-state index in [9.17, 15) is 4.39 Å². The van der Waals surface area contributed by atoms with Gasteiger partial charge in [-0.15, -0.1) is 0 Å². The van der Waals surface area contributed by atoms with Crippen LogP contribution in [-0.4, -0.2) is 41.7 Å². The summed E-state index contributed by atoms with van der Waals surface area (Å²) in [4.78, 5) is 6.52. The number of nitrogens with one attached hydrogen (secondary N) is 1. The zero-order valence-corrected chi connectivity index (χ0v) is 11.6. The van der Waals surface area contributed by atoms with Gasteiger partial charge in [0.1, 0.15) is 5.82 Å². The summed E-state index contributed by atoms with van der Waals surface area (Å²) in [5.74, 6) is 0.483. The van der Waals surface area contributed by atoms with E-state index in [-0.39, 0.29) is 17.7 Å². The SMILES string of the molecule is Cc1ccc(F)c(-c2nc(C3CNCCN3C)no2)c1. The van der Waals surface area contributed by atoms with E-state index in [4.69, 9.17) is 4.52 Å². The molecule has 1 aromatic carbocycles. The summed E-state index contributed by atoms with van der Waals surface area (Å²) < 4.78 is 19.1. The van der Waals surface area contributed by atoms with Gasteiger partial charge >= 0.3 is 0 Å². The molecule has 6 heteroatoms. The number of aromatic nitrogens is 2. The molecule has 1 atom stereocenters. The molecule has 3 rings (SSSR count). The van der Waals surface area contributed by atoms with Crippen LogP contribution in [0.15, 0.2) is 22.7 Å². The molecule has 0 radical (unpaired) electrons. The first-order valence-corrected chi connectivity index (χ1v) is 6.66. The first kappa shape index (κ1) is 13.2. The van der Waals surface area contributed by atoms with Crippen LogP contribution < -0.4 is 5.32 Å². The van der Waals surface area contributed by atoms with Gasteiger partial charge in [0.25, 0.3) is 5.89 Å². The molecule has 0 saturated carbocycles. The van der Waals surface area contributed by atoms with E-state index in [1.54, 1.807) is 12.1 Å². The average molecular weight is 276 g/mol. The largest absolute Gasteiger partial charge is 0.334 e. The predicted molar refractivity (Wildman–Crippen MR) is 72.7 cm³/mol. The van der Waals surface area contributed by atoms with Crippen molar-refractivity contribution < 1.29 is 8.91 Å². The molecular weight excluding hydrogens is 259 g/mol. The van der Waals surface area contributed by atoms with Crippen LogP contribution in [0.3, 0.4) is 0 Å². The van der Waals surface area contributed by atoms with Crippen molar-refractivity contribution >= 4 is 0 Å². The van der Waals surface area contributed by atoms with Gasteiger partial charge in [0.2, 0.25) is 0 Å². The molecule has 0 bridgehead atoms. The molecule has 1 N–H and O–H groups in total. The summed E-state index contributed by atoms with van der Waals surface area (Å²) >= 11 is 0. The molecule has 1 aliphatic rings. The first-order chi connectivity index (χ1) is 9.65. The highest BCUT2D eigenvalue weighted by atomic mass is 19.1. The van der Waals surface area contributed by atoms with E-state index in [1.807, 2.05) is 14.0 Å². The molecule has 1 aromatic heterocycles. The van der Waals surface area contributed by atoms with E-state index >= 15 is 0 Å². The van der Waals surface area contributed by atoms with Gasteiger partial charge in [-0.2, -0.15) is 4.98 Å². The van der Waals surface area contributed by atoms with E-state index in [0.717, 1.165) is 25.2 Å². The Bertz CT molecular complexity index is 613. The Morgan fingerprint density at radius 2 is 2.30 bits per heavy atom. The van der Waals surface area contributed by atoms with Gasteiger partial charge in [0.05, 0.1) is 11.6 Å². The number of piperazine rings is 1. The molecule has 0 amide bonds. The highest BCUT2D eigenvalue weighted by Crippen LogP contribution is 2.25. The normalized spacial score (nSPS) is 20.2. The summed E-state index contributed by atoms with van der Waals surface area (Å²) in [6.45, 7) is 4.54. The molecule has 2 aromatic rings. The Labute approximate surface area is 116 Å². The molecule has 0 aliphatic carbocycles. The number of halogens is 1. The number of hydrogen-bond donors (Lipinski definition) is 1. The Hall–Kier alpha value is -1.79. The van der Waals surface area contributed by atoms with Gasteiger partial charge in [-0.05, 0) is 26.1 Å². The lowest BCUT2D eigenvalue weighted by Crippen LogP contribution is -2.44. The third-order valence-electron chi connectivity index (χ3n) is 3.60. The molecular formula is C14H17FN4O. The van der Waals surface area contributed by atoms with Crippen LogP contribution in [0.4, 0.5) is 4.39 Å². The van der Waals surface area contributed by atoms with Gasteiger partial charge in [0.15, 0.2) is 5.82 Å². The summed E-state index contributed by atoms with van der Waals surface area (Å²) in [5, 5.41) is 7.30. The van der Waals surface area contributed by atoms with Gasteiger partial charge in [-0.3, -0.25) is 4.90 Å². The van der Waals surface area contributed by atoms with E-state index < -0.39 is 0 Å². The predicted octanol–water partition coefficient (Wildman–Crippen LogP) is 1.76. The number of aryl methyl sites for hydroxylation is 1. The standard InChI is InChI=1S/C14H17FN4O/c1-9-3-4-11(15)10(7-9)14-17-13(18-20-14)12-8-16-5-6-19(12)2/h3-4,7,12,16H,5-6,8H2,1-2H3. The van der Waals surface area contributed by atoms with Crippen molar-refractivity contribution in [3.05, 3.63) is 35.4 Å². The Morgan fingerprint density at radius 1 is 1.45 bits per heavy atom. The van der Waals surface area contributed by atoms with Crippen LogP contribution in [-0.2, 0) is 0 Å². The van der Waals surface area contributed by atoms with Crippen LogP contribution in [0.25, 0.3) is 11.5 Å². The van der Waals surface area contributed by atoms with E-state index in [2.05, 4.69) is 20.4 Å². The third kappa shape index (κ3) is 2.44. The highest BCUT2D eigenvalue weighted by molar-refractivity contribution is 5.55. The third-order valence-corrected chi connectivity index (χ3v) is 3.60. The fourth-order valence-corrected chi connectivity index (χ4v) is 2.38. The Morgan fingerprint density at radius 3 is 3.10 bits per heavy atom. The Balaban J connectivity index is 1.91. The zero-order chi connectivity index (χ0) is 14.1. The molecule has 0 spiro atoms. The minimum atomic E-state index is -0.346. The van der Waals surface area contributed by atoms with Gasteiger partial charge in [0, 0.05) is 19.6 Å². The van der Waals surface area contributed by atoms with Gasteiger partial charge in [-0.25, -0.2) is 4.39 Å². The van der Waals surface area contributed by atoms with Crippen molar-refractivity contribution in [2.24, 2.45) is 0 Å². The molecule has 1 aliphatic heterocycles. The quantitative estimate of drug-likeness (QED) is 0.906. The molecule has 106 valence electrons. The van der Waals surface area contributed by atoms with Crippen molar-refractivity contribution in [2.45, 2.75) is 13.0 Å². The second-order valence-electron chi connectivity index (χ2n) is 5.14. The molecule has 20 heavy (non-hydrogen) atoms. The number of benzene rings is 1. The molecule has 5 nitrogen and oxygen atoms in total. The number of nitrogens with zero attached hydrogens (tertiary/aromatic N) is 3. The molecule has 1 fully saturated rings. The van der Waals surface area contributed by atoms with E-state index in [1.165, 1.54) is 6.07 Å². The van der Waals surface area contributed by atoms with Crippen LogP contribution in [0, 0.1) is 12.7 Å². The molecule has 1 saturated heterocycles. The van der Waals surface area contributed by atoms with Crippen molar-refractivity contribution in [1.29, 1.82) is 0 Å². The molecule has 1 unspecified atom stereocenters. The van der Waals surface area contributed by atoms with Crippen molar-refractivity contribution in [1.82, 2.24) is 20.4 Å². The fraction of sp³-hybridized carbons (Fsp3) is 0.429. The minimum Gasteiger partial charge on any atom is -0.334 e. The maximum Gasteiger partial charge on any atom is 0.260 e. The number of likely N-dealkylation sites (N-methyl/N-ethyl adjacent to an activating group) is 1. The summed E-state index contributed by atoms with van der Waals surface area (Å²) in [5.41, 5.74) is 1.31. The first-order valence-electron chi connectivity index (χ1n) is 6.66. The maximum absolute atomic E-state index is 13.8. The van der Waals surface area contributed by atoms with Crippen molar-refractivity contribution in [3.63, 3.8) is 0 Å². The van der Waals surface area contributed by atoms with Gasteiger partial charge < -0.3 is 9.84 Å². The number of hydrogen-bond acceptors (Lipinski definition) is 5. The highest BCUT2D eigenvalue weighted by Gasteiger charge is 2.26.